The van der Waals surface area contributed by atoms with Crippen molar-refractivity contribution in [2.45, 2.75) is 106 Å². The monoisotopic (exact) mass is 1130 g/mol. The highest BCUT2D eigenvalue weighted by atomic mass is 79.9. The molecule has 3 heterocycles. The summed E-state index contributed by atoms with van der Waals surface area (Å²) in [6, 6.07) is 34.2. The van der Waals surface area contributed by atoms with Gasteiger partial charge in [-0.15, -0.1) is 0 Å². The van der Waals surface area contributed by atoms with Crippen LogP contribution in [-0.4, -0.2) is 46.4 Å². The summed E-state index contributed by atoms with van der Waals surface area (Å²) in [5, 5.41) is 15.4. The van der Waals surface area contributed by atoms with E-state index in [0.29, 0.717) is 30.3 Å². The first-order chi connectivity index (χ1) is 34.2. The van der Waals surface area contributed by atoms with E-state index in [9.17, 15) is 24.4 Å². The molecule has 71 heavy (non-hydrogen) atoms. The van der Waals surface area contributed by atoms with Crippen molar-refractivity contribution in [3.8, 4) is 28.6 Å². The predicted molar refractivity (Wildman–Crippen MR) is 287 cm³/mol. The maximum Gasteiger partial charge on any atom is 0.251 e. The van der Waals surface area contributed by atoms with Crippen LogP contribution in [0.3, 0.4) is 0 Å². The van der Waals surface area contributed by atoms with E-state index in [0.717, 1.165) is 109 Å². The minimum atomic E-state index is -0.301. The molecule has 0 bridgehead atoms. The average molecular weight is 1140 g/mol. The van der Waals surface area contributed by atoms with Gasteiger partial charge in [0.15, 0.2) is 11.6 Å². The first kappa shape index (κ1) is 48.8. The van der Waals surface area contributed by atoms with Crippen molar-refractivity contribution in [1.29, 1.82) is 5.26 Å². The third-order valence-corrected chi connectivity index (χ3v) is 17.0. The summed E-state index contributed by atoms with van der Waals surface area (Å²) in [5.74, 6) is 1.04. The number of aromatic nitrogens is 2. The molecule has 0 unspecified atom stereocenters. The second kappa shape index (κ2) is 19.0. The van der Waals surface area contributed by atoms with Crippen LogP contribution in [0.2, 0.25) is 0 Å². The molecule has 2 amide bonds. The fourth-order valence-electron chi connectivity index (χ4n) is 10.6. The van der Waals surface area contributed by atoms with Gasteiger partial charge in [0.2, 0.25) is 0 Å². The Labute approximate surface area is 439 Å². The molecule has 6 aliphatic carbocycles. The summed E-state index contributed by atoms with van der Waals surface area (Å²) >= 11 is 10.3. The van der Waals surface area contributed by atoms with Crippen LogP contribution in [0, 0.1) is 11.3 Å². The number of nitrogen functional groups attached to an aromatic ring is 1. The Morgan fingerprint density at radius 3 is 1.68 bits per heavy atom. The molecule has 4 N–H and O–H groups in total. The number of carbonyl (C=O) groups is 4. The van der Waals surface area contributed by atoms with Crippen molar-refractivity contribution >= 4 is 77.0 Å². The van der Waals surface area contributed by atoms with Crippen molar-refractivity contribution in [2.24, 2.45) is 0 Å². The topological polar surface area (TPSA) is 168 Å². The number of fused-ring (bicyclic) bond motifs is 7. The highest BCUT2D eigenvalue weighted by Crippen LogP contribution is 2.57. The molecular formula is C58H53Br3N6O4. The Morgan fingerprint density at radius 1 is 0.577 bits per heavy atom. The van der Waals surface area contributed by atoms with E-state index >= 15 is 0 Å². The van der Waals surface area contributed by atoms with Gasteiger partial charge >= 0.3 is 0 Å². The highest BCUT2D eigenvalue weighted by molar-refractivity contribution is 9.11. The van der Waals surface area contributed by atoms with E-state index in [1.165, 1.54) is 42.4 Å². The number of carbonyl (C=O) groups excluding carboxylic acids is 4. The maximum atomic E-state index is 12.3. The number of amides is 2. The molecule has 6 aromatic rings. The first-order valence-corrected chi connectivity index (χ1v) is 26.9. The molecule has 14 rings (SSSR count). The Balaban J connectivity index is 0.000000120. The van der Waals surface area contributed by atoms with Gasteiger partial charge in [0, 0.05) is 89.0 Å². The van der Waals surface area contributed by atoms with Gasteiger partial charge in [0.1, 0.15) is 11.5 Å². The van der Waals surface area contributed by atoms with Crippen LogP contribution in [0.5, 0.6) is 0 Å². The predicted octanol–water partition coefficient (Wildman–Crippen LogP) is 12.6. The summed E-state index contributed by atoms with van der Waals surface area (Å²) in [6.45, 7) is 5.51. The van der Waals surface area contributed by atoms with Gasteiger partial charge in [0.25, 0.3) is 11.8 Å². The van der Waals surface area contributed by atoms with Crippen LogP contribution < -0.4 is 16.4 Å². The Kier molecular flexibility index (Phi) is 13.0. The fraction of sp³-hybridized carbons (Fsp3) is 0.328. The second-order valence-electron chi connectivity index (χ2n) is 19.9. The molecule has 13 heteroatoms. The molecule has 360 valence electrons. The van der Waals surface area contributed by atoms with Crippen LogP contribution in [0.15, 0.2) is 117 Å². The Morgan fingerprint density at radius 2 is 1.10 bits per heavy atom. The van der Waals surface area contributed by atoms with Crippen molar-refractivity contribution < 1.29 is 19.2 Å². The van der Waals surface area contributed by atoms with E-state index in [4.69, 9.17) is 10.7 Å². The minimum absolute atomic E-state index is 0.0159. The number of nitrogens with two attached hydrogens (primary N) is 1. The first-order valence-electron chi connectivity index (χ1n) is 24.5. The summed E-state index contributed by atoms with van der Waals surface area (Å²) in [5.41, 5.74) is 19.0. The third kappa shape index (κ3) is 9.44. The van der Waals surface area contributed by atoms with Crippen LogP contribution >= 0.6 is 47.8 Å². The van der Waals surface area contributed by atoms with Crippen LogP contribution in [0.25, 0.3) is 22.5 Å². The molecule has 8 aliphatic rings. The molecule has 4 saturated carbocycles. The van der Waals surface area contributed by atoms with Gasteiger partial charge in [-0.3, -0.25) is 19.2 Å². The van der Waals surface area contributed by atoms with E-state index < -0.39 is 0 Å². The maximum absolute atomic E-state index is 12.3. The van der Waals surface area contributed by atoms with E-state index in [1.807, 2.05) is 92.7 Å². The molecule has 0 radical (unpaired) electrons. The zero-order valence-electron chi connectivity index (χ0n) is 39.7. The van der Waals surface area contributed by atoms with Gasteiger partial charge in [-0.2, -0.15) is 5.26 Å². The Hall–Kier alpha value is -5.81. The number of hydrogen-bond donors (Lipinski definition) is 3. The lowest BCUT2D eigenvalue weighted by molar-refractivity contribution is 0.0929. The molecule has 0 saturated heterocycles. The van der Waals surface area contributed by atoms with Crippen LogP contribution in [0.4, 0.5) is 5.82 Å². The van der Waals surface area contributed by atoms with Crippen LogP contribution in [0.1, 0.15) is 147 Å². The number of benzene rings is 5. The quantitative estimate of drug-likeness (QED) is 0.157. The lowest BCUT2D eigenvalue weighted by atomic mass is 9.86. The number of nitrogens with one attached hydrogen (secondary N) is 2. The minimum Gasteiger partial charge on any atom is -0.382 e. The number of rotatable bonds is 3. The van der Waals surface area contributed by atoms with Crippen molar-refractivity contribution in [2.75, 3.05) is 18.8 Å². The zero-order valence-corrected chi connectivity index (χ0v) is 44.5. The zero-order chi connectivity index (χ0) is 49.9. The molecule has 3 spiro atoms. The second-order valence-corrected chi connectivity index (χ2v) is 22.7. The van der Waals surface area contributed by atoms with Gasteiger partial charge in [0.05, 0.1) is 23.4 Å². The van der Waals surface area contributed by atoms with E-state index in [1.54, 1.807) is 6.20 Å². The number of hydrogen-bond acceptors (Lipinski definition) is 8. The van der Waals surface area contributed by atoms with Gasteiger partial charge in [-0.25, -0.2) is 9.97 Å². The van der Waals surface area contributed by atoms with Gasteiger partial charge in [-0.05, 0) is 146 Å². The molecule has 1 aromatic heterocycles. The SMILES string of the molecule is CC.N#CC1(c2ccc(-c3cnc(N)c(-c4ccc5c(c4)C4(CC4)CNC5=O)n3)cc2)CC1.O=C1CC2(CC2)c2cc(Br)ccc21.O=C1CCc2ccc(Br)cc21.O=C1NCC2(CC2)c2cc(Br)ccc21. The molecule has 10 nitrogen and oxygen atoms in total. The van der Waals surface area contributed by atoms with E-state index in [2.05, 4.69) is 87.7 Å². The summed E-state index contributed by atoms with van der Waals surface area (Å²) in [4.78, 5) is 55.9. The summed E-state index contributed by atoms with van der Waals surface area (Å²) in [6.07, 6.45) is 12.9. The summed E-state index contributed by atoms with van der Waals surface area (Å²) < 4.78 is 3.15. The van der Waals surface area contributed by atoms with Crippen molar-refractivity contribution in [3.63, 3.8) is 0 Å². The normalized spacial score (nSPS) is 19.2. The molecule has 5 aromatic carbocycles. The van der Waals surface area contributed by atoms with Crippen molar-refractivity contribution in [3.05, 3.63) is 167 Å². The molecule has 4 fully saturated rings. The molecular weight excluding hydrogens is 1080 g/mol. The molecule has 0 atom stereocenters. The largest absolute Gasteiger partial charge is 0.382 e. The van der Waals surface area contributed by atoms with Crippen molar-refractivity contribution in [1.82, 2.24) is 20.6 Å². The average Bonchev–Trinajstić information content (AvgIpc) is 4.22. The molecule has 2 aliphatic heterocycles. The summed E-state index contributed by atoms with van der Waals surface area (Å²) in [7, 11) is 0. The van der Waals surface area contributed by atoms with E-state index in [-0.39, 0.29) is 39.3 Å². The van der Waals surface area contributed by atoms with Gasteiger partial charge in [-0.1, -0.05) is 98.0 Å². The number of anilines is 1. The standard InChI is InChI=1S/C25H21N5O.C11H10BrNO.C11H9BrO.C9H7BrO.C2H6/c26-13-24(7-8-24)17-4-1-15(2-5-17)20-12-28-22(27)21(30-20)16-3-6-18-19(11-16)25(9-10-25)14-29-23(18)31;12-7-1-2-8-9(5-7)11(3-4-11)6-13-10(8)14;12-7-1-2-8-9(5-7)11(3-4-11)6-10(8)13;10-7-3-1-6-2-4-9(11)8(6)5-7;1-2/h1-6,11-12H,7-10,14H2,(H2,27,28)(H,29,31);1-2,5H,3-4,6H2,(H,13,14);1-2,5H,3-4,6H2;1,3,5H,2,4H2;1-2H3. The number of nitriles is 1. The smallest absolute Gasteiger partial charge is 0.251 e. The number of Topliss-reactive ketones (excluding diaryl/α,β-unsaturated/α-hetero) is 2. The highest BCUT2D eigenvalue weighted by Gasteiger charge is 2.52. The lowest BCUT2D eigenvalue weighted by Crippen LogP contribution is -2.39. The fourth-order valence-corrected chi connectivity index (χ4v) is 11.6. The van der Waals surface area contributed by atoms with Gasteiger partial charge < -0.3 is 16.4 Å². The lowest BCUT2D eigenvalue weighted by Gasteiger charge is -2.26. The van der Waals surface area contributed by atoms with Crippen LogP contribution in [-0.2, 0) is 28.1 Å². The Bertz CT molecular complexity index is 3220. The number of ketones is 2. The third-order valence-electron chi connectivity index (χ3n) is 15.5. The number of aryl methyl sites for hydroxylation is 1. The number of nitrogens with zero attached hydrogens (tertiary/aromatic N) is 3. The number of halogens is 3.